The second-order valence-electron chi connectivity index (χ2n) is 5.06. The molecule has 0 bridgehead atoms. The van der Waals surface area contributed by atoms with Crippen LogP contribution in [0.3, 0.4) is 0 Å². The first-order valence-electron chi connectivity index (χ1n) is 6.36. The van der Waals surface area contributed by atoms with Gasteiger partial charge in [-0.05, 0) is 12.8 Å². The summed E-state index contributed by atoms with van der Waals surface area (Å²) in [5, 5.41) is 7.34. The fraction of sp³-hybridized carbons (Fsp3) is 0.538. The average Bonchev–Trinajstić information content (AvgIpc) is 2.92. The number of nitrogens with one attached hydrogen (secondary N) is 1. The third kappa shape index (κ3) is 2.41. The molecule has 0 atom stereocenters. The van der Waals surface area contributed by atoms with Crippen LogP contribution in [0.2, 0.25) is 0 Å². The Kier molecular flexibility index (Phi) is 3.07. The topological polar surface area (TPSA) is 51.0 Å². The minimum Gasteiger partial charge on any atom is -0.362 e. The number of aromatic nitrogens is 2. The van der Waals surface area contributed by atoms with E-state index in [0.29, 0.717) is 11.8 Å². The molecule has 0 radical (unpaired) electrons. The van der Waals surface area contributed by atoms with Crippen molar-refractivity contribution in [3.05, 3.63) is 27.9 Å². The summed E-state index contributed by atoms with van der Waals surface area (Å²) >= 11 is 1.72. The van der Waals surface area contributed by atoms with Gasteiger partial charge in [-0.2, -0.15) is 0 Å². The van der Waals surface area contributed by atoms with Gasteiger partial charge in [0, 0.05) is 22.8 Å². The van der Waals surface area contributed by atoms with Crippen LogP contribution in [0.1, 0.15) is 54.9 Å². The standard InChI is InChI=1S/C13H17N3OS/c1-8(2)10-5-12(16-17-10)14-6-11-13(9-3-4-9)15-7-18-11/h5,7-9H,3-4,6H2,1-2H3,(H,14,16). The summed E-state index contributed by atoms with van der Waals surface area (Å²) in [6.45, 7) is 4.98. The summed E-state index contributed by atoms with van der Waals surface area (Å²) in [5.41, 5.74) is 3.22. The van der Waals surface area contributed by atoms with E-state index in [9.17, 15) is 0 Å². The van der Waals surface area contributed by atoms with Crippen LogP contribution < -0.4 is 5.32 Å². The first-order valence-corrected chi connectivity index (χ1v) is 7.24. The maximum Gasteiger partial charge on any atom is 0.169 e. The highest BCUT2D eigenvalue weighted by Crippen LogP contribution is 2.41. The summed E-state index contributed by atoms with van der Waals surface area (Å²) in [6, 6.07) is 1.97. The van der Waals surface area contributed by atoms with Gasteiger partial charge in [0.1, 0.15) is 5.76 Å². The van der Waals surface area contributed by atoms with Gasteiger partial charge in [0.25, 0.3) is 0 Å². The normalized spacial score (nSPS) is 15.3. The minimum absolute atomic E-state index is 0.374. The average molecular weight is 263 g/mol. The Morgan fingerprint density at radius 1 is 1.50 bits per heavy atom. The van der Waals surface area contributed by atoms with E-state index in [4.69, 9.17) is 4.52 Å². The number of hydrogen-bond acceptors (Lipinski definition) is 5. The molecule has 0 aromatic carbocycles. The highest BCUT2D eigenvalue weighted by molar-refractivity contribution is 7.09. The summed E-state index contributed by atoms with van der Waals surface area (Å²) < 4.78 is 5.26. The fourth-order valence-electron chi connectivity index (χ4n) is 1.92. The third-order valence-corrected chi connectivity index (χ3v) is 4.01. The van der Waals surface area contributed by atoms with Crippen molar-refractivity contribution >= 4 is 17.2 Å². The zero-order valence-corrected chi connectivity index (χ0v) is 11.5. The summed E-state index contributed by atoms with van der Waals surface area (Å²) in [6.07, 6.45) is 2.58. The van der Waals surface area contributed by atoms with Crippen LogP contribution in [-0.4, -0.2) is 10.1 Å². The Hall–Kier alpha value is -1.36. The van der Waals surface area contributed by atoms with Gasteiger partial charge in [0.2, 0.25) is 0 Å². The van der Waals surface area contributed by atoms with Crippen molar-refractivity contribution in [2.45, 2.75) is 45.1 Å². The SMILES string of the molecule is CC(C)c1cc(NCc2scnc2C2CC2)no1. The van der Waals surface area contributed by atoms with Crippen molar-refractivity contribution < 1.29 is 4.52 Å². The number of rotatable bonds is 5. The number of hydrogen-bond donors (Lipinski definition) is 1. The zero-order valence-electron chi connectivity index (χ0n) is 10.6. The Morgan fingerprint density at radius 3 is 3.00 bits per heavy atom. The van der Waals surface area contributed by atoms with Crippen LogP contribution >= 0.6 is 11.3 Å². The molecule has 5 heteroatoms. The fourth-order valence-corrected chi connectivity index (χ4v) is 2.71. The van der Waals surface area contributed by atoms with Gasteiger partial charge in [0.15, 0.2) is 5.82 Å². The molecule has 3 rings (SSSR count). The molecule has 0 unspecified atom stereocenters. The number of nitrogens with zero attached hydrogens (tertiary/aromatic N) is 2. The third-order valence-electron chi connectivity index (χ3n) is 3.16. The lowest BCUT2D eigenvalue weighted by Gasteiger charge is -2.01. The molecule has 0 spiro atoms. The Morgan fingerprint density at radius 2 is 2.33 bits per heavy atom. The van der Waals surface area contributed by atoms with E-state index in [0.717, 1.165) is 18.1 Å². The van der Waals surface area contributed by atoms with Gasteiger partial charge in [0.05, 0.1) is 17.7 Å². The van der Waals surface area contributed by atoms with Crippen molar-refractivity contribution in [3.63, 3.8) is 0 Å². The van der Waals surface area contributed by atoms with E-state index >= 15 is 0 Å². The molecule has 1 N–H and O–H groups in total. The highest BCUT2D eigenvalue weighted by Gasteiger charge is 2.28. The molecule has 1 saturated carbocycles. The van der Waals surface area contributed by atoms with Crippen LogP contribution in [0, 0.1) is 0 Å². The molecule has 2 aromatic heterocycles. The lowest BCUT2D eigenvalue weighted by molar-refractivity contribution is 0.373. The Bertz CT molecular complexity index is 528. The van der Waals surface area contributed by atoms with Crippen LogP contribution in [0.25, 0.3) is 0 Å². The van der Waals surface area contributed by atoms with E-state index in [2.05, 4.69) is 29.3 Å². The van der Waals surface area contributed by atoms with E-state index in [1.165, 1.54) is 23.4 Å². The molecule has 0 aliphatic heterocycles. The van der Waals surface area contributed by atoms with E-state index in [1.807, 2.05) is 11.6 Å². The maximum atomic E-state index is 5.26. The van der Waals surface area contributed by atoms with Gasteiger partial charge in [-0.15, -0.1) is 11.3 Å². The molecule has 2 heterocycles. The minimum atomic E-state index is 0.374. The quantitative estimate of drug-likeness (QED) is 0.892. The van der Waals surface area contributed by atoms with Crippen LogP contribution in [0.15, 0.2) is 16.1 Å². The van der Waals surface area contributed by atoms with Gasteiger partial charge in [-0.3, -0.25) is 0 Å². The van der Waals surface area contributed by atoms with Crippen molar-refractivity contribution in [1.29, 1.82) is 0 Å². The summed E-state index contributed by atoms with van der Waals surface area (Å²) in [4.78, 5) is 5.78. The Labute approximate surface area is 110 Å². The van der Waals surface area contributed by atoms with Gasteiger partial charge < -0.3 is 9.84 Å². The largest absolute Gasteiger partial charge is 0.362 e. The van der Waals surface area contributed by atoms with Gasteiger partial charge >= 0.3 is 0 Å². The van der Waals surface area contributed by atoms with Crippen LogP contribution in [-0.2, 0) is 6.54 Å². The first-order chi connectivity index (χ1) is 8.74. The molecule has 0 amide bonds. The predicted octanol–water partition coefficient (Wildman–Crippen LogP) is 3.74. The lowest BCUT2D eigenvalue weighted by Crippen LogP contribution is -2.00. The molecular weight excluding hydrogens is 246 g/mol. The van der Waals surface area contributed by atoms with Crippen molar-refractivity contribution in [2.24, 2.45) is 0 Å². The molecular formula is C13H17N3OS. The van der Waals surface area contributed by atoms with Crippen molar-refractivity contribution in [3.8, 4) is 0 Å². The summed E-state index contributed by atoms with van der Waals surface area (Å²) in [7, 11) is 0. The van der Waals surface area contributed by atoms with Crippen LogP contribution in [0.5, 0.6) is 0 Å². The zero-order chi connectivity index (χ0) is 12.5. The van der Waals surface area contributed by atoms with Crippen molar-refractivity contribution in [1.82, 2.24) is 10.1 Å². The maximum absolute atomic E-state index is 5.26. The number of thiazole rings is 1. The van der Waals surface area contributed by atoms with Gasteiger partial charge in [-0.25, -0.2) is 4.98 Å². The predicted molar refractivity (Wildman–Crippen MR) is 72.0 cm³/mol. The van der Waals surface area contributed by atoms with Crippen molar-refractivity contribution in [2.75, 3.05) is 5.32 Å². The molecule has 1 fully saturated rings. The highest BCUT2D eigenvalue weighted by atomic mass is 32.1. The molecule has 4 nitrogen and oxygen atoms in total. The van der Waals surface area contributed by atoms with E-state index in [-0.39, 0.29) is 0 Å². The molecule has 96 valence electrons. The Balaban J connectivity index is 1.64. The van der Waals surface area contributed by atoms with Crippen LogP contribution in [0.4, 0.5) is 5.82 Å². The van der Waals surface area contributed by atoms with E-state index < -0.39 is 0 Å². The summed E-state index contributed by atoms with van der Waals surface area (Å²) in [5.74, 6) is 2.81. The first kappa shape index (κ1) is 11.7. The molecule has 18 heavy (non-hydrogen) atoms. The second kappa shape index (κ2) is 4.72. The molecule has 1 aliphatic rings. The molecule has 1 aliphatic carbocycles. The second-order valence-corrected chi connectivity index (χ2v) is 6.00. The van der Waals surface area contributed by atoms with E-state index in [1.54, 1.807) is 11.3 Å². The molecule has 2 aromatic rings. The number of anilines is 1. The lowest BCUT2D eigenvalue weighted by atomic mass is 10.2. The monoisotopic (exact) mass is 263 g/mol. The smallest absolute Gasteiger partial charge is 0.169 e. The van der Waals surface area contributed by atoms with Gasteiger partial charge in [-0.1, -0.05) is 19.0 Å². The molecule has 0 saturated heterocycles.